The largest absolute Gasteiger partial charge is 0.497 e. The van der Waals surface area contributed by atoms with E-state index in [0.717, 1.165) is 49.3 Å². The van der Waals surface area contributed by atoms with Gasteiger partial charge < -0.3 is 9.64 Å². The molecule has 3 heterocycles. The highest BCUT2D eigenvalue weighted by atomic mass is 32.1. The topological polar surface area (TPSA) is 64.4 Å². The molecule has 6 rings (SSSR count). The molecule has 0 N–H and O–H groups in total. The van der Waals surface area contributed by atoms with E-state index < -0.39 is 0 Å². The van der Waals surface area contributed by atoms with Crippen molar-refractivity contribution in [2.75, 3.05) is 13.7 Å². The van der Waals surface area contributed by atoms with Gasteiger partial charge in [-0.1, -0.05) is 48.5 Å². The number of benzene rings is 3. The lowest BCUT2D eigenvalue weighted by Gasteiger charge is -2.27. The van der Waals surface area contributed by atoms with Crippen LogP contribution in [0.1, 0.15) is 26.4 Å². The molecule has 0 atom stereocenters. The number of hydrogen-bond acceptors (Lipinski definition) is 5. The molecule has 0 aliphatic carbocycles. The number of nitrogens with zero attached hydrogens (tertiary/aromatic N) is 3. The first kappa shape index (κ1) is 22.5. The summed E-state index contributed by atoms with van der Waals surface area (Å²) >= 11 is 1.53. The lowest BCUT2D eigenvalue weighted by atomic mass is 10.0. The monoisotopic (exact) mass is 495 g/mol. The molecular weight excluding hydrogens is 470 g/mol. The van der Waals surface area contributed by atoms with E-state index in [0.29, 0.717) is 31.4 Å². The Balaban J connectivity index is 1.26. The Morgan fingerprint density at radius 1 is 1.06 bits per heavy atom. The third kappa shape index (κ3) is 3.95. The first-order valence-electron chi connectivity index (χ1n) is 12.0. The van der Waals surface area contributed by atoms with Crippen LogP contribution >= 0.6 is 11.3 Å². The summed E-state index contributed by atoms with van der Waals surface area (Å²) in [5, 5.41) is 2.74. The van der Waals surface area contributed by atoms with E-state index in [1.165, 1.54) is 11.3 Å². The Hall–Kier alpha value is -3.97. The van der Waals surface area contributed by atoms with Crippen LogP contribution < -0.4 is 10.3 Å². The van der Waals surface area contributed by atoms with E-state index in [-0.39, 0.29) is 11.5 Å². The SMILES string of the molecule is COc1ccc(CCn2cnc3sc4c(c3c2=O)CCN(C(=O)c2cccc3ccccc23)C4)cc1. The van der Waals surface area contributed by atoms with Crippen LogP contribution in [0.2, 0.25) is 0 Å². The number of carbonyl (C=O) groups excluding carboxylic acids is 1. The Bertz CT molecular complexity index is 1650. The summed E-state index contributed by atoms with van der Waals surface area (Å²) in [6, 6.07) is 21.7. The fraction of sp³-hybridized carbons (Fsp3) is 0.207. The van der Waals surface area contributed by atoms with Crippen LogP contribution in [0.4, 0.5) is 0 Å². The summed E-state index contributed by atoms with van der Waals surface area (Å²) in [7, 11) is 1.65. The predicted molar refractivity (Wildman–Crippen MR) is 143 cm³/mol. The number of rotatable bonds is 5. The third-order valence-electron chi connectivity index (χ3n) is 6.94. The quantitative estimate of drug-likeness (QED) is 0.342. The highest BCUT2D eigenvalue weighted by Crippen LogP contribution is 2.33. The van der Waals surface area contributed by atoms with Crippen LogP contribution in [-0.2, 0) is 25.9 Å². The van der Waals surface area contributed by atoms with Gasteiger partial charge in [-0.25, -0.2) is 4.98 Å². The molecule has 7 heteroatoms. The fourth-order valence-electron chi connectivity index (χ4n) is 4.98. The number of methoxy groups -OCH3 is 1. The van der Waals surface area contributed by atoms with Crippen LogP contribution in [0, 0.1) is 0 Å². The van der Waals surface area contributed by atoms with Crippen molar-refractivity contribution in [1.82, 2.24) is 14.5 Å². The summed E-state index contributed by atoms with van der Waals surface area (Å²) < 4.78 is 6.92. The number of amides is 1. The highest BCUT2D eigenvalue weighted by Gasteiger charge is 2.27. The van der Waals surface area contributed by atoms with Gasteiger partial charge in [-0.3, -0.25) is 14.2 Å². The van der Waals surface area contributed by atoms with E-state index in [4.69, 9.17) is 4.74 Å². The second kappa shape index (κ2) is 9.24. The molecule has 1 aliphatic rings. The summed E-state index contributed by atoms with van der Waals surface area (Å²) in [5.74, 6) is 0.844. The molecule has 1 amide bonds. The van der Waals surface area contributed by atoms with Gasteiger partial charge in [-0.15, -0.1) is 11.3 Å². The van der Waals surface area contributed by atoms with E-state index in [2.05, 4.69) is 4.98 Å². The number of aryl methyl sites for hydroxylation is 2. The zero-order valence-electron chi connectivity index (χ0n) is 19.9. The minimum absolute atomic E-state index is 0.000147. The van der Waals surface area contributed by atoms with Crippen molar-refractivity contribution in [2.45, 2.75) is 25.9 Å². The molecule has 5 aromatic rings. The maximum Gasteiger partial charge on any atom is 0.262 e. The van der Waals surface area contributed by atoms with Crippen molar-refractivity contribution in [1.29, 1.82) is 0 Å². The smallest absolute Gasteiger partial charge is 0.262 e. The number of aromatic nitrogens is 2. The lowest BCUT2D eigenvalue weighted by molar-refractivity contribution is 0.0739. The van der Waals surface area contributed by atoms with E-state index >= 15 is 0 Å². The van der Waals surface area contributed by atoms with Crippen molar-refractivity contribution in [3.05, 3.63) is 105 Å². The molecule has 0 saturated carbocycles. The summed E-state index contributed by atoms with van der Waals surface area (Å²) in [6.07, 6.45) is 3.04. The Labute approximate surface area is 212 Å². The van der Waals surface area contributed by atoms with E-state index in [1.54, 1.807) is 18.0 Å². The Morgan fingerprint density at radius 2 is 1.86 bits per heavy atom. The summed E-state index contributed by atoms with van der Waals surface area (Å²) in [4.78, 5) is 35.2. The predicted octanol–water partition coefficient (Wildman–Crippen LogP) is 5.06. The van der Waals surface area contributed by atoms with E-state index in [1.807, 2.05) is 71.6 Å². The van der Waals surface area contributed by atoms with Crippen LogP contribution in [0.25, 0.3) is 21.0 Å². The molecule has 0 unspecified atom stereocenters. The van der Waals surface area contributed by atoms with Gasteiger partial charge in [0.2, 0.25) is 0 Å². The summed E-state index contributed by atoms with van der Waals surface area (Å²) in [6.45, 7) is 1.65. The normalized spacial score (nSPS) is 13.2. The molecular formula is C29H25N3O3S. The average molecular weight is 496 g/mol. The summed E-state index contributed by atoms with van der Waals surface area (Å²) in [5.41, 5.74) is 2.91. The van der Waals surface area contributed by atoms with E-state index in [9.17, 15) is 9.59 Å². The van der Waals surface area contributed by atoms with Gasteiger partial charge in [0, 0.05) is 23.5 Å². The molecule has 0 fully saturated rings. The first-order valence-corrected chi connectivity index (χ1v) is 12.8. The fourth-order valence-corrected chi connectivity index (χ4v) is 6.17. The number of hydrogen-bond donors (Lipinski definition) is 0. The third-order valence-corrected chi connectivity index (χ3v) is 8.06. The first-order chi connectivity index (χ1) is 17.6. The van der Waals surface area contributed by atoms with Gasteiger partial charge in [0.25, 0.3) is 11.5 Å². The van der Waals surface area contributed by atoms with Crippen molar-refractivity contribution in [3.8, 4) is 5.75 Å². The molecule has 180 valence electrons. The minimum atomic E-state index is -0.000147. The number of ether oxygens (including phenoxy) is 1. The maximum absolute atomic E-state index is 13.5. The number of carbonyl (C=O) groups is 1. The zero-order valence-corrected chi connectivity index (χ0v) is 20.8. The molecule has 0 radical (unpaired) electrons. The maximum atomic E-state index is 13.5. The van der Waals surface area contributed by atoms with Gasteiger partial charge in [0.1, 0.15) is 10.6 Å². The van der Waals surface area contributed by atoms with Crippen LogP contribution in [0.15, 0.2) is 77.9 Å². The van der Waals surface area contributed by atoms with Gasteiger partial charge in [0.05, 0.1) is 25.4 Å². The number of fused-ring (bicyclic) bond motifs is 4. The van der Waals surface area contributed by atoms with Crippen molar-refractivity contribution in [2.24, 2.45) is 0 Å². The van der Waals surface area contributed by atoms with Gasteiger partial charge in [-0.05, 0) is 52.9 Å². The zero-order chi connectivity index (χ0) is 24.6. The van der Waals surface area contributed by atoms with Gasteiger partial charge in [0.15, 0.2) is 0 Å². The standard InChI is InChI=1S/C29H25N3O3S/c1-35-21-11-9-19(10-12-21)13-15-32-18-30-27-26(29(32)34)24-14-16-31(17-25(24)36-27)28(33)23-8-4-6-20-5-2-3-7-22(20)23/h2-12,18H,13-17H2,1H3. The van der Waals surface area contributed by atoms with Crippen LogP contribution in [-0.4, -0.2) is 34.0 Å². The minimum Gasteiger partial charge on any atom is -0.497 e. The molecule has 0 bridgehead atoms. The second-order valence-corrected chi connectivity index (χ2v) is 10.1. The lowest BCUT2D eigenvalue weighted by Crippen LogP contribution is -2.35. The molecule has 36 heavy (non-hydrogen) atoms. The molecule has 6 nitrogen and oxygen atoms in total. The van der Waals surface area contributed by atoms with Crippen LogP contribution in [0.3, 0.4) is 0 Å². The Morgan fingerprint density at radius 3 is 2.69 bits per heavy atom. The molecule has 3 aromatic carbocycles. The molecule has 0 spiro atoms. The molecule has 1 aliphatic heterocycles. The van der Waals surface area contributed by atoms with Gasteiger partial charge >= 0.3 is 0 Å². The highest BCUT2D eigenvalue weighted by molar-refractivity contribution is 7.18. The second-order valence-electron chi connectivity index (χ2n) is 9.03. The average Bonchev–Trinajstić information content (AvgIpc) is 3.31. The van der Waals surface area contributed by atoms with Crippen LogP contribution in [0.5, 0.6) is 5.75 Å². The molecule has 2 aromatic heterocycles. The Kier molecular flexibility index (Phi) is 5.77. The van der Waals surface area contributed by atoms with Gasteiger partial charge in [-0.2, -0.15) is 0 Å². The van der Waals surface area contributed by atoms with Crippen molar-refractivity contribution >= 4 is 38.2 Å². The van der Waals surface area contributed by atoms with Crippen molar-refractivity contribution < 1.29 is 9.53 Å². The molecule has 0 saturated heterocycles. The van der Waals surface area contributed by atoms with Crippen molar-refractivity contribution in [3.63, 3.8) is 0 Å². The number of thiophene rings is 1.